The molecule has 0 saturated carbocycles. The van der Waals surface area contributed by atoms with Gasteiger partial charge in [0, 0.05) is 23.5 Å². The van der Waals surface area contributed by atoms with Crippen molar-refractivity contribution >= 4 is 35.9 Å². The summed E-state index contributed by atoms with van der Waals surface area (Å²) in [6, 6.07) is 16.1. The maximum absolute atomic E-state index is 14.5. The Morgan fingerprint density at radius 1 is 0.917 bits per heavy atom. The van der Waals surface area contributed by atoms with E-state index in [4.69, 9.17) is 18.3 Å². The summed E-state index contributed by atoms with van der Waals surface area (Å²) in [5.74, 6) is -2.71. The second-order valence-electron chi connectivity index (χ2n) is 12.8. The first kappa shape index (κ1) is 38.2. The predicted molar refractivity (Wildman–Crippen MR) is 187 cm³/mol. The second kappa shape index (κ2) is 15.7. The fourth-order valence-corrected chi connectivity index (χ4v) is 6.98. The third kappa shape index (κ3) is 8.98. The standard InChI is InChI=1S/C36H45NO9SSi/c1-9-43-33(40)36(34(41)44-10-2,25-30-31(29(38)21-23-45-30)46-48(7,8)35(4,5)6)22-14-24-47(42,28-19-17-26(3)18-20-28)37-32(39)27-15-12-11-13-16-27/h11-21,23-24H,9-10,22,25H2,1-8H3/b24-14+. The lowest BCUT2D eigenvalue weighted by Crippen LogP contribution is -2.46. The van der Waals surface area contributed by atoms with E-state index in [9.17, 15) is 23.4 Å². The molecule has 0 aliphatic heterocycles. The van der Waals surface area contributed by atoms with Crippen molar-refractivity contribution in [3.63, 3.8) is 0 Å². The third-order valence-corrected chi connectivity index (χ3v) is 14.5. The van der Waals surface area contributed by atoms with Crippen molar-refractivity contribution in [1.29, 1.82) is 0 Å². The monoisotopic (exact) mass is 695 g/mol. The van der Waals surface area contributed by atoms with E-state index in [1.54, 1.807) is 68.4 Å². The van der Waals surface area contributed by atoms with Gasteiger partial charge in [-0.15, -0.1) is 4.36 Å². The summed E-state index contributed by atoms with van der Waals surface area (Å²) < 4.78 is 41.6. The average molecular weight is 696 g/mol. The minimum absolute atomic E-state index is 0.0370. The summed E-state index contributed by atoms with van der Waals surface area (Å²) in [5, 5.41) is 0.936. The molecule has 2 aromatic carbocycles. The van der Waals surface area contributed by atoms with Crippen LogP contribution >= 0.6 is 0 Å². The topological polar surface area (TPSA) is 139 Å². The third-order valence-electron chi connectivity index (χ3n) is 8.21. The molecule has 0 bridgehead atoms. The molecule has 258 valence electrons. The molecule has 0 aliphatic carbocycles. The van der Waals surface area contributed by atoms with Crippen molar-refractivity contribution < 1.29 is 36.9 Å². The quantitative estimate of drug-likeness (QED) is 0.103. The summed E-state index contributed by atoms with van der Waals surface area (Å²) in [4.78, 5) is 54.2. The van der Waals surface area contributed by atoms with Gasteiger partial charge in [0.1, 0.15) is 15.5 Å². The van der Waals surface area contributed by atoms with E-state index < -0.39 is 53.2 Å². The molecule has 3 rings (SSSR count). The smallest absolute Gasteiger partial charge is 0.324 e. The molecule has 10 nitrogen and oxygen atoms in total. The number of amides is 1. The summed E-state index contributed by atoms with van der Waals surface area (Å²) >= 11 is 0. The highest BCUT2D eigenvalue weighted by atomic mass is 32.2. The Kier molecular flexibility index (Phi) is 12.5. The average Bonchev–Trinajstić information content (AvgIpc) is 3.02. The molecule has 1 unspecified atom stereocenters. The molecule has 0 spiro atoms. The molecule has 3 aromatic rings. The number of esters is 2. The Balaban J connectivity index is 2.21. The first-order valence-electron chi connectivity index (χ1n) is 15.7. The Labute approximate surface area is 283 Å². The molecule has 0 radical (unpaired) electrons. The lowest BCUT2D eigenvalue weighted by atomic mass is 9.79. The number of carbonyl (C=O) groups is 3. The zero-order chi connectivity index (χ0) is 35.8. The molecular formula is C36H45NO9SSi. The van der Waals surface area contributed by atoms with Crippen molar-refractivity contribution in [3.8, 4) is 5.75 Å². The number of hydrogen-bond donors (Lipinski definition) is 0. The minimum Gasteiger partial charge on any atom is -0.539 e. The number of benzene rings is 2. The number of rotatable bonds is 13. The number of ether oxygens (including phenoxy) is 2. The van der Waals surface area contributed by atoms with E-state index in [-0.39, 0.29) is 46.6 Å². The van der Waals surface area contributed by atoms with Gasteiger partial charge >= 0.3 is 11.9 Å². The van der Waals surface area contributed by atoms with Gasteiger partial charge in [-0.1, -0.05) is 62.7 Å². The zero-order valence-electron chi connectivity index (χ0n) is 28.9. The van der Waals surface area contributed by atoms with Crippen LogP contribution in [0.5, 0.6) is 5.75 Å². The normalized spacial score (nSPS) is 13.4. The number of allylic oxidation sites excluding steroid dienone is 1. The highest BCUT2D eigenvalue weighted by Gasteiger charge is 2.50. The van der Waals surface area contributed by atoms with E-state index in [0.29, 0.717) is 0 Å². The highest BCUT2D eigenvalue weighted by molar-refractivity contribution is 7.96. The fraction of sp³-hybridized carbons (Fsp3) is 0.389. The van der Waals surface area contributed by atoms with Crippen molar-refractivity contribution in [1.82, 2.24) is 0 Å². The lowest BCUT2D eigenvalue weighted by molar-refractivity contribution is -0.172. The number of aryl methyl sites for hydroxylation is 1. The first-order valence-corrected chi connectivity index (χ1v) is 20.2. The molecule has 1 amide bonds. The van der Waals surface area contributed by atoms with Gasteiger partial charge in [-0.25, -0.2) is 4.21 Å². The van der Waals surface area contributed by atoms with Crippen LogP contribution in [0.4, 0.5) is 0 Å². The van der Waals surface area contributed by atoms with Crippen molar-refractivity contribution in [3.05, 3.63) is 106 Å². The molecule has 0 fully saturated rings. The van der Waals surface area contributed by atoms with Gasteiger partial charge < -0.3 is 18.3 Å². The van der Waals surface area contributed by atoms with Crippen LogP contribution in [0.15, 0.2) is 96.9 Å². The Morgan fingerprint density at radius 2 is 1.50 bits per heavy atom. The van der Waals surface area contributed by atoms with Crippen molar-refractivity contribution in [2.45, 2.75) is 77.4 Å². The molecule has 0 saturated heterocycles. The Hall–Kier alpha value is -4.29. The van der Waals surface area contributed by atoms with Crippen LogP contribution in [0, 0.1) is 12.3 Å². The molecule has 1 atom stereocenters. The van der Waals surface area contributed by atoms with Gasteiger partial charge in [0.2, 0.25) is 5.43 Å². The van der Waals surface area contributed by atoms with E-state index in [0.717, 1.165) is 5.56 Å². The molecule has 0 N–H and O–H groups in total. The van der Waals surface area contributed by atoms with Gasteiger partial charge in [0.15, 0.2) is 11.2 Å². The van der Waals surface area contributed by atoms with Crippen LogP contribution in [0.3, 0.4) is 0 Å². The second-order valence-corrected chi connectivity index (χ2v) is 19.6. The van der Waals surface area contributed by atoms with E-state index in [1.807, 2.05) is 40.8 Å². The fourth-order valence-electron chi connectivity index (χ4n) is 4.39. The SMILES string of the molecule is CCOC(=O)C(C/C=C/S(=O)(=NC(=O)c1ccccc1)c1ccc(C)cc1)(Cc1occc(=O)c1O[Si](C)(C)C(C)(C)C)C(=O)OCC. The van der Waals surface area contributed by atoms with Gasteiger partial charge in [0.05, 0.1) is 24.4 Å². The molecule has 1 aromatic heterocycles. The van der Waals surface area contributed by atoms with E-state index in [1.165, 1.54) is 23.8 Å². The molecule has 48 heavy (non-hydrogen) atoms. The van der Waals surface area contributed by atoms with Crippen LogP contribution in [-0.2, 0) is 35.2 Å². The Bertz CT molecular complexity index is 1800. The van der Waals surface area contributed by atoms with Gasteiger partial charge in [-0.05, 0) is 69.6 Å². The van der Waals surface area contributed by atoms with Crippen LogP contribution < -0.4 is 9.85 Å². The van der Waals surface area contributed by atoms with Gasteiger partial charge in [-0.2, -0.15) is 0 Å². The Morgan fingerprint density at radius 3 is 2.04 bits per heavy atom. The van der Waals surface area contributed by atoms with Crippen LogP contribution in [-0.4, -0.2) is 43.6 Å². The van der Waals surface area contributed by atoms with Crippen LogP contribution in [0.1, 0.15) is 62.7 Å². The largest absolute Gasteiger partial charge is 0.539 e. The van der Waals surface area contributed by atoms with Crippen LogP contribution in [0.2, 0.25) is 18.1 Å². The van der Waals surface area contributed by atoms with Gasteiger partial charge in [0.25, 0.3) is 14.2 Å². The van der Waals surface area contributed by atoms with E-state index in [2.05, 4.69) is 4.36 Å². The molecular weight excluding hydrogens is 651 g/mol. The van der Waals surface area contributed by atoms with Crippen molar-refractivity contribution in [2.75, 3.05) is 13.2 Å². The number of carbonyl (C=O) groups excluding carboxylic acids is 3. The summed E-state index contributed by atoms with van der Waals surface area (Å²) in [6.45, 7) is 14.9. The molecule has 0 aliphatic rings. The molecule has 12 heteroatoms. The summed E-state index contributed by atoms with van der Waals surface area (Å²) in [5.41, 5.74) is -1.41. The van der Waals surface area contributed by atoms with E-state index >= 15 is 0 Å². The number of nitrogens with zero attached hydrogens (tertiary/aromatic N) is 1. The molecule has 1 heterocycles. The van der Waals surface area contributed by atoms with Crippen molar-refractivity contribution in [2.24, 2.45) is 9.78 Å². The summed E-state index contributed by atoms with van der Waals surface area (Å²) in [6.07, 6.45) is 1.68. The first-order chi connectivity index (χ1) is 22.5. The predicted octanol–water partition coefficient (Wildman–Crippen LogP) is 7.26. The highest BCUT2D eigenvalue weighted by Crippen LogP contribution is 2.39. The zero-order valence-corrected chi connectivity index (χ0v) is 30.7. The maximum Gasteiger partial charge on any atom is 0.324 e. The van der Waals surface area contributed by atoms with Crippen LogP contribution in [0.25, 0.3) is 0 Å². The number of hydrogen-bond acceptors (Lipinski definition) is 9. The maximum atomic E-state index is 14.5. The minimum atomic E-state index is -3.56. The van der Waals surface area contributed by atoms with Gasteiger partial charge in [-0.3, -0.25) is 19.2 Å². The summed E-state index contributed by atoms with van der Waals surface area (Å²) in [7, 11) is -6.15. The lowest BCUT2D eigenvalue weighted by Gasteiger charge is -2.36.